The van der Waals surface area contributed by atoms with Gasteiger partial charge < -0.3 is 9.80 Å². The lowest BCUT2D eigenvalue weighted by Crippen LogP contribution is -2.31. The van der Waals surface area contributed by atoms with Gasteiger partial charge in [-0.3, -0.25) is 0 Å². The number of rotatable bonds is 2. The molecule has 2 heteroatoms. The molecule has 3 rings (SSSR count). The van der Waals surface area contributed by atoms with E-state index < -0.39 is 0 Å². The van der Waals surface area contributed by atoms with E-state index in [1.807, 2.05) is 0 Å². The van der Waals surface area contributed by atoms with Crippen LogP contribution in [0.3, 0.4) is 0 Å². The van der Waals surface area contributed by atoms with Crippen LogP contribution in [0.4, 0.5) is 11.4 Å². The van der Waals surface area contributed by atoms with Gasteiger partial charge in [0.05, 0.1) is 0 Å². The van der Waals surface area contributed by atoms with Crippen LogP contribution in [0, 0.1) is 0 Å². The zero-order chi connectivity index (χ0) is 12.2. The highest BCUT2D eigenvalue weighted by molar-refractivity contribution is 5.59. The predicted octanol–water partition coefficient (Wildman–Crippen LogP) is 3.67. The molecular weight excluding hydrogens is 220 g/mol. The zero-order valence-corrected chi connectivity index (χ0v) is 11.3. The van der Waals surface area contributed by atoms with Crippen molar-refractivity contribution in [3.8, 4) is 0 Å². The number of anilines is 2. The summed E-state index contributed by atoms with van der Waals surface area (Å²) >= 11 is 0. The summed E-state index contributed by atoms with van der Waals surface area (Å²) < 4.78 is 0. The van der Waals surface area contributed by atoms with E-state index in [0.717, 1.165) is 0 Å². The second-order valence-electron chi connectivity index (χ2n) is 5.62. The maximum Gasteiger partial charge on any atom is 0.0386 e. The minimum Gasteiger partial charge on any atom is -0.371 e. The molecule has 2 fully saturated rings. The molecule has 2 nitrogen and oxygen atoms in total. The molecule has 2 aliphatic rings. The van der Waals surface area contributed by atoms with Crippen LogP contribution in [0.5, 0.6) is 0 Å². The van der Waals surface area contributed by atoms with Gasteiger partial charge >= 0.3 is 0 Å². The minimum absolute atomic E-state index is 1.24. The highest BCUT2D eigenvalue weighted by Crippen LogP contribution is 2.26. The fraction of sp³-hybridized carbons (Fsp3) is 0.625. The molecule has 0 atom stereocenters. The topological polar surface area (TPSA) is 6.48 Å². The first-order chi connectivity index (χ1) is 8.93. The van der Waals surface area contributed by atoms with Crippen LogP contribution in [-0.4, -0.2) is 26.2 Å². The molecule has 0 saturated carbocycles. The molecule has 0 aromatic heterocycles. The summed E-state index contributed by atoms with van der Waals surface area (Å²) in [7, 11) is 0. The Balaban J connectivity index is 1.75. The Labute approximate surface area is 111 Å². The lowest BCUT2D eigenvalue weighted by molar-refractivity contribution is 0.573. The Bertz CT molecular complexity index is 343. The Morgan fingerprint density at radius 1 is 0.611 bits per heavy atom. The van der Waals surface area contributed by atoms with E-state index in [9.17, 15) is 0 Å². The van der Waals surface area contributed by atoms with Crippen molar-refractivity contribution in [3.05, 3.63) is 24.3 Å². The number of nitrogens with zero attached hydrogens (tertiary/aromatic N) is 2. The standard InChI is InChI=1S/C16H24N2/c1-3-10-17(11-4-1)15-8-7-9-16(14-15)18-12-5-2-6-13-18/h7-9,14H,1-6,10-13H2. The summed E-state index contributed by atoms with van der Waals surface area (Å²) in [5.41, 5.74) is 2.86. The van der Waals surface area contributed by atoms with Crippen molar-refractivity contribution in [1.29, 1.82) is 0 Å². The molecule has 1 aromatic rings. The summed E-state index contributed by atoms with van der Waals surface area (Å²) in [5, 5.41) is 0. The van der Waals surface area contributed by atoms with Gasteiger partial charge in [0.2, 0.25) is 0 Å². The van der Waals surface area contributed by atoms with Crippen molar-refractivity contribution in [2.45, 2.75) is 38.5 Å². The second kappa shape index (κ2) is 5.64. The SMILES string of the molecule is c1cc(N2CCCCC2)cc(N2CCCCC2)c1. The normalized spacial score (nSPS) is 21.1. The van der Waals surface area contributed by atoms with Crippen molar-refractivity contribution in [2.24, 2.45) is 0 Å². The van der Waals surface area contributed by atoms with Crippen molar-refractivity contribution in [1.82, 2.24) is 0 Å². The van der Waals surface area contributed by atoms with E-state index in [0.29, 0.717) is 0 Å². The van der Waals surface area contributed by atoms with E-state index >= 15 is 0 Å². The van der Waals surface area contributed by atoms with E-state index in [4.69, 9.17) is 0 Å². The Morgan fingerprint density at radius 2 is 1.06 bits per heavy atom. The van der Waals surface area contributed by atoms with Crippen LogP contribution in [0.2, 0.25) is 0 Å². The zero-order valence-electron chi connectivity index (χ0n) is 11.3. The summed E-state index contributed by atoms with van der Waals surface area (Å²) in [6.45, 7) is 4.96. The van der Waals surface area contributed by atoms with Gasteiger partial charge in [0, 0.05) is 37.6 Å². The molecule has 0 aliphatic carbocycles. The van der Waals surface area contributed by atoms with Gasteiger partial charge in [0.1, 0.15) is 0 Å². The van der Waals surface area contributed by atoms with Crippen molar-refractivity contribution >= 4 is 11.4 Å². The fourth-order valence-corrected chi connectivity index (χ4v) is 3.19. The van der Waals surface area contributed by atoms with Crippen molar-refractivity contribution in [2.75, 3.05) is 36.0 Å². The molecule has 0 spiro atoms. The predicted molar refractivity (Wildman–Crippen MR) is 78.6 cm³/mol. The average Bonchev–Trinajstić information content (AvgIpc) is 2.49. The largest absolute Gasteiger partial charge is 0.371 e. The van der Waals surface area contributed by atoms with Crippen LogP contribution in [-0.2, 0) is 0 Å². The minimum atomic E-state index is 1.24. The number of hydrogen-bond donors (Lipinski definition) is 0. The highest BCUT2D eigenvalue weighted by Gasteiger charge is 2.14. The van der Waals surface area contributed by atoms with Crippen LogP contribution in [0.25, 0.3) is 0 Å². The number of benzene rings is 1. The second-order valence-corrected chi connectivity index (χ2v) is 5.62. The molecule has 0 radical (unpaired) electrons. The first-order valence-corrected chi connectivity index (χ1v) is 7.53. The summed E-state index contributed by atoms with van der Waals surface area (Å²) in [6.07, 6.45) is 8.23. The number of hydrogen-bond acceptors (Lipinski definition) is 2. The maximum absolute atomic E-state index is 2.55. The van der Waals surface area contributed by atoms with E-state index in [-0.39, 0.29) is 0 Å². The molecule has 0 N–H and O–H groups in total. The molecule has 98 valence electrons. The van der Waals surface area contributed by atoms with Crippen LogP contribution in [0.15, 0.2) is 24.3 Å². The third-order valence-electron chi connectivity index (χ3n) is 4.27. The number of piperidine rings is 2. The lowest BCUT2D eigenvalue weighted by Gasteiger charge is -2.32. The average molecular weight is 244 g/mol. The van der Waals surface area contributed by atoms with E-state index in [2.05, 4.69) is 34.1 Å². The highest BCUT2D eigenvalue weighted by atomic mass is 15.2. The summed E-state index contributed by atoms with van der Waals surface area (Å²) in [6, 6.07) is 9.18. The third kappa shape index (κ3) is 2.63. The molecule has 1 aromatic carbocycles. The van der Waals surface area contributed by atoms with Gasteiger partial charge in [-0.2, -0.15) is 0 Å². The lowest BCUT2D eigenvalue weighted by atomic mass is 10.1. The third-order valence-corrected chi connectivity index (χ3v) is 4.27. The van der Waals surface area contributed by atoms with Crippen LogP contribution in [0.1, 0.15) is 38.5 Å². The molecule has 2 heterocycles. The first-order valence-electron chi connectivity index (χ1n) is 7.53. The monoisotopic (exact) mass is 244 g/mol. The molecule has 18 heavy (non-hydrogen) atoms. The molecule has 0 amide bonds. The van der Waals surface area contributed by atoms with Gasteiger partial charge in [0.25, 0.3) is 0 Å². The quantitative estimate of drug-likeness (QED) is 0.783. The molecular formula is C16H24N2. The summed E-state index contributed by atoms with van der Waals surface area (Å²) in [4.78, 5) is 5.11. The Morgan fingerprint density at radius 3 is 1.50 bits per heavy atom. The van der Waals surface area contributed by atoms with Crippen molar-refractivity contribution < 1.29 is 0 Å². The smallest absolute Gasteiger partial charge is 0.0386 e. The van der Waals surface area contributed by atoms with E-state index in [1.165, 1.54) is 76.1 Å². The molecule has 0 bridgehead atoms. The van der Waals surface area contributed by atoms with Gasteiger partial charge in [0.15, 0.2) is 0 Å². The first kappa shape index (κ1) is 11.9. The van der Waals surface area contributed by atoms with Gasteiger partial charge in [-0.25, -0.2) is 0 Å². The molecule has 2 saturated heterocycles. The van der Waals surface area contributed by atoms with Gasteiger partial charge in [-0.1, -0.05) is 6.07 Å². The van der Waals surface area contributed by atoms with Crippen molar-refractivity contribution in [3.63, 3.8) is 0 Å². The maximum atomic E-state index is 2.55. The Kier molecular flexibility index (Phi) is 3.72. The van der Waals surface area contributed by atoms with Gasteiger partial charge in [-0.05, 0) is 56.7 Å². The van der Waals surface area contributed by atoms with Crippen LogP contribution >= 0.6 is 0 Å². The molecule has 0 unspecified atom stereocenters. The van der Waals surface area contributed by atoms with E-state index in [1.54, 1.807) is 0 Å². The Hall–Kier alpha value is -1.18. The van der Waals surface area contributed by atoms with Crippen LogP contribution < -0.4 is 9.80 Å². The molecule has 2 aliphatic heterocycles. The van der Waals surface area contributed by atoms with Gasteiger partial charge in [-0.15, -0.1) is 0 Å². The fourth-order valence-electron chi connectivity index (χ4n) is 3.19. The summed E-state index contributed by atoms with van der Waals surface area (Å²) in [5.74, 6) is 0.